The first-order valence-electron chi connectivity index (χ1n) is 6.04. The highest BCUT2D eigenvalue weighted by atomic mass is 16.4. The van der Waals surface area contributed by atoms with E-state index in [4.69, 9.17) is 0 Å². The van der Waals surface area contributed by atoms with E-state index < -0.39 is 11.4 Å². The van der Waals surface area contributed by atoms with Crippen LogP contribution < -0.4 is 5.32 Å². The minimum Gasteiger partial charge on any atom is -0.481 e. The van der Waals surface area contributed by atoms with Gasteiger partial charge in [-0.05, 0) is 39.2 Å². The van der Waals surface area contributed by atoms with Gasteiger partial charge in [-0.2, -0.15) is 0 Å². The SMILES string of the molecule is CNC(=O)CN1CCCC(C(C)(C)C(=O)O)C1. The van der Waals surface area contributed by atoms with E-state index in [-0.39, 0.29) is 11.8 Å². The predicted molar refractivity (Wildman–Crippen MR) is 64.6 cm³/mol. The van der Waals surface area contributed by atoms with Crippen LogP contribution in [0.3, 0.4) is 0 Å². The van der Waals surface area contributed by atoms with Crippen LogP contribution in [0, 0.1) is 11.3 Å². The summed E-state index contributed by atoms with van der Waals surface area (Å²) in [4.78, 5) is 24.5. The first-order chi connectivity index (χ1) is 7.87. The number of piperidine rings is 1. The molecule has 1 saturated heterocycles. The number of hydrogen-bond donors (Lipinski definition) is 2. The molecule has 5 nitrogen and oxygen atoms in total. The smallest absolute Gasteiger partial charge is 0.309 e. The van der Waals surface area contributed by atoms with Crippen LogP contribution in [0.2, 0.25) is 0 Å². The van der Waals surface area contributed by atoms with Crippen molar-refractivity contribution in [1.29, 1.82) is 0 Å². The summed E-state index contributed by atoms with van der Waals surface area (Å²) in [5.74, 6) is -0.665. The minimum absolute atomic E-state index is 0.0150. The number of carboxylic acid groups (broad SMARTS) is 1. The minimum atomic E-state index is -0.760. The van der Waals surface area contributed by atoms with Crippen LogP contribution in [-0.2, 0) is 9.59 Å². The molecule has 2 N–H and O–H groups in total. The van der Waals surface area contributed by atoms with E-state index in [9.17, 15) is 14.7 Å². The first-order valence-corrected chi connectivity index (χ1v) is 6.04. The number of likely N-dealkylation sites (tertiary alicyclic amines) is 1. The molecule has 1 aliphatic rings. The van der Waals surface area contributed by atoms with Crippen LogP contribution in [0.25, 0.3) is 0 Å². The Labute approximate surface area is 102 Å². The molecular formula is C12H22N2O3. The molecule has 0 aromatic carbocycles. The van der Waals surface area contributed by atoms with Crippen molar-refractivity contribution in [2.24, 2.45) is 11.3 Å². The van der Waals surface area contributed by atoms with Gasteiger partial charge in [0, 0.05) is 13.6 Å². The Kier molecular flexibility index (Phi) is 4.51. The maximum atomic E-state index is 11.3. The van der Waals surface area contributed by atoms with Gasteiger partial charge in [-0.1, -0.05) is 0 Å². The molecule has 0 bridgehead atoms. The number of carboxylic acids is 1. The molecule has 1 unspecified atom stereocenters. The second-order valence-corrected chi connectivity index (χ2v) is 5.27. The van der Waals surface area contributed by atoms with Crippen molar-refractivity contribution in [1.82, 2.24) is 10.2 Å². The van der Waals surface area contributed by atoms with E-state index in [1.807, 2.05) is 4.90 Å². The highest BCUT2D eigenvalue weighted by Crippen LogP contribution is 2.33. The van der Waals surface area contributed by atoms with Crippen LogP contribution in [-0.4, -0.2) is 48.6 Å². The zero-order chi connectivity index (χ0) is 13.1. The number of nitrogens with one attached hydrogen (secondary N) is 1. The summed E-state index contributed by atoms with van der Waals surface area (Å²) < 4.78 is 0. The zero-order valence-corrected chi connectivity index (χ0v) is 10.8. The Bertz CT molecular complexity index is 302. The van der Waals surface area contributed by atoms with Gasteiger partial charge < -0.3 is 10.4 Å². The van der Waals surface area contributed by atoms with Crippen molar-refractivity contribution >= 4 is 11.9 Å². The molecule has 1 heterocycles. The molecule has 0 saturated carbocycles. The highest BCUT2D eigenvalue weighted by molar-refractivity contribution is 5.77. The number of aliphatic carboxylic acids is 1. The van der Waals surface area contributed by atoms with Gasteiger partial charge in [0.15, 0.2) is 0 Å². The molecule has 5 heteroatoms. The number of likely N-dealkylation sites (N-methyl/N-ethyl adjacent to an activating group) is 1. The van der Waals surface area contributed by atoms with Gasteiger partial charge >= 0.3 is 5.97 Å². The summed E-state index contributed by atoms with van der Waals surface area (Å²) in [6.45, 7) is 5.46. The molecule has 1 aliphatic heterocycles. The Morgan fingerprint density at radius 1 is 1.47 bits per heavy atom. The van der Waals surface area contributed by atoms with Gasteiger partial charge in [-0.3, -0.25) is 14.5 Å². The lowest BCUT2D eigenvalue weighted by Gasteiger charge is -2.38. The van der Waals surface area contributed by atoms with E-state index in [1.54, 1.807) is 20.9 Å². The molecular weight excluding hydrogens is 220 g/mol. The van der Waals surface area contributed by atoms with Gasteiger partial charge in [-0.25, -0.2) is 0 Å². The summed E-state index contributed by atoms with van der Waals surface area (Å²) in [6.07, 6.45) is 1.88. The van der Waals surface area contributed by atoms with Crippen molar-refractivity contribution in [3.63, 3.8) is 0 Å². The molecule has 1 atom stereocenters. The normalized spacial score (nSPS) is 22.2. The van der Waals surface area contributed by atoms with Crippen molar-refractivity contribution in [3.05, 3.63) is 0 Å². The third kappa shape index (κ3) is 3.43. The standard InChI is InChI=1S/C12H22N2O3/c1-12(2,11(16)17)9-5-4-6-14(7-9)8-10(15)13-3/h9H,4-8H2,1-3H3,(H,13,15)(H,16,17). The van der Waals surface area contributed by atoms with Crippen molar-refractivity contribution < 1.29 is 14.7 Å². The molecule has 0 aromatic heterocycles. The number of amides is 1. The number of carbonyl (C=O) groups is 2. The van der Waals surface area contributed by atoms with E-state index in [0.29, 0.717) is 13.1 Å². The summed E-state index contributed by atoms with van der Waals surface area (Å²) in [5, 5.41) is 11.8. The van der Waals surface area contributed by atoms with Gasteiger partial charge in [0.05, 0.1) is 12.0 Å². The lowest BCUT2D eigenvalue weighted by Crippen LogP contribution is -2.47. The zero-order valence-electron chi connectivity index (χ0n) is 10.8. The third-order valence-corrected chi connectivity index (χ3v) is 3.72. The fourth-order valence-corrected chi connectivity index (χ4v) is 2.24. The average Bonchev–Trinajstić information content (AvgIpc) is 2.29. The average molecular weight is 242 g/mol. The van der Waals surface area contributed by atoms with Crippen LogP contribution in [0.15, 0.2) is 0 Å². The van der Waals surface area contributed by atoms with E-state index in [1.165, 1.54) is 0 Å². The van der Waals surface area contributed by atoms with Crippen molar-refractivity contribution in [2.45, 2.75) is 26.7 Å². The second kappa shape index (κ2) is 5.49. The predicted octanol–water partition coefficient (Wildman–Crippen LogP) is 0.555. The van der Waals surface area contributed by atoms with E-state index >= 15 is 0 Å². The topological polar surface area (TPSA) is 69.6 Å². The fourth-order valence-electron chi connectivity index (χ4n) is 2.24. The van der Waals surface area contributed by atoms with Gasteiger partial charge in [0.2, 0.25) is 5.91 Å². The lowest BCUT2D eigenvalue weighted by atomic mass is 9.74. The Balaban J connectivity index is 2.60. The van der Waals surface area contributed by atoms with Gasteiger partial charge in [0.1, 0.15) is 0 Å². The maximum absolute atomic E-state index is 11.3. The fraction of sp³-hybridized carbons (Fsp3) is 0.833. The largest absolute Gasteiger partial charge is 0.481 e. The molecule has 0 aromatic rings. The number of hydrogen-bond acceptors (Lipinski definition) is 3. The maximum Gasteiger partial charge on any atom is 0.309 e. The van der Waals surface area contributed by atoms with Crippen LogP contribution in [0.1, 0.15) is 26.7 Å². The molecule has 1 fully saturated rings. The Hall–Kier alpha value is -1.10. The van der Waals surface area contributed by atoms with E-state index in [2.05, 4.69) is 5.32 Å². The molecule has 0 radical (unpaired) electrons. The lowest BCUT2D eigenvalue weighted by molar-refractivity contribution is -0.151. The summed E-state index contributed by atoms with van der Waals surface area (Å²) >= 11 is 0. The molecule has 1 amide bonds. The number of rotatable bonds is 4. The molecule has 98 valence electrons. The molecule has 0 spiro atoms. The summed E-state index contributed by atoms with van der Waals surface area (Å²) in [7, 11) is 1.62. The van der Waals surface area contributed by atoms with Crippen molar-refractivity contribution in [3.8, 4) is 0 Å². The van der Waals surface area contributed by atoms with Crippen LogP contribution >= 0.6 is 0 Å². The summed E-state index contributed by atoms with van der Waals surface area (Å²) in [5.41, 5.74) is -0.721. The van der Waals surface area contributed by atoms with Gasteiger partial charge in [-0.15, -0.1) is 0 Å². The first kappa shape index (κ1) is 14.0. The van der Waals surface area contributed by atoms with Gasteiger partial charge in [0.25, 0.3) is 0 Å². The molecule has 17 heavy (non-hydrogen) atoms. The Morgan fingerprint density at radius 2 is 2.12 bits per heavy atom. The molecule has 0 aliphatic carbocycles. The summed E-state index contributed by atoms with van der Waals surface area (Å²) in [6, 6.07) is 0. The third-order valence-electron chi connectivity index (χ3n) is 3.72. The highest BCUT2D eigenvalue weighted by Gasteiger charge is 2.39. The van der Waals surface area contributed by atoms with Crippen LogP contribution in [0.4, 0.5) is 0 Å². The Morgan fingerprint density at radius 3 is 2.65 bits per heavy atom. The molecule has 1 rings (SSSR count). The van der Waals surface area contributed by atoms with E-state index in [0.717, 1.165) is 19.4 Å². The monoisotopic (exact) mass is 242 g/mol. The quantitative estimate of drug-likeness (QED) is 0.755. The number of carbonyl (C=O) groups excluding carboxylic acids is 1. The van der Waals surface area contributed by atoms with Crippen LogP contribution in [0.5, 0.6) is 0 Å². The number of nitrogens with zero attached hydrogens (tertiary/aromatic N) is 1. The van der Waals surface area contributed by atoms with Crippen molar-refractivity contribution in [2.75, 3.05) is 26.7 Å². The second-order valence-electron chi connectivity index (χ2n) is 5.27.